The predicted molar refractivity (Wildman–Crippen MR) is 55.9 cm³/mol. The van der Waals surface area contributed by atoms with Crippen LogP contribution in [0.2, 0.25) is 0 Å². The van der Waals surface area contributed by atoms with Gasteiger partial charge in [0, 0.05) is 18.8 Å². The van der Waals surface area contributed by atoms with Crippen LogP contribution in [0.1, 0.15) is 12.0 Å². The maximum Gasteiger partial charge on any atom is 0.0645 e. The summed E-state index contributed by atoms with van der Waals surface area (Å²) in [5.41, 5.74) is 2.38. The standard InChI is InChI=1S/C11H12N2/c1-10-4-6-11(7-5-10)13-9-3-2-8-12-13/h3-9H,2H2,1H3. The summed E-state index contributed by atoms with van der Waals surface area (Å²) in [6.07, 6.45) is 6.92. The Morgan fingerprint density at radius 1 is 1.23 bits per heavy atom. The van der Waals surface area contributed by atoms with Crippen LogP contribution in [0.25, 0.3) is 0 Å². The minimum absolute atomic E-state index is 0.933. The van der Waals surface area contributed by atoms with E-state index in [0.29, 0.717) is 0 Å². The normalized spacial score (nSPS) is 15.0. The van der Waals surface area contributed by atoms with Crippen LogP contribution in [0, 0.1) is 6.92 Å². The van der Waals surface area contributed by atoms with Gasteiger partial charge in [-0.1, -0.05) is 23.8 Å². The highest BCUT2D eigenvalue weighted by molar-refractivity contribution is 5.65. The lowest BCUT2D eigenvalue weighted by Gasteiger charge is -2.16. The summed E-state index contributed by atoms with van der Waals surface area (Å²) in [6, 6.07) is 8.32. The van der Waals surface area contributed by atoms with Gasteiger partial charge in [0.25, 0.3) is 0 Å². The maximum absolute atomic E-state index is 4.25. The molecule has 2 rings (SSSR count). The summed E-state index contributed by atoms with van der Waals surface area (Å²) in [7, 11) is 0. The number of rotatable bonds is 1. The molecule has 66 valence electrons. The van der Waals surface area contributed by atoms with E-state index in [-0.39, 0.29) is 0 Å². The Hall–Kier alpha value is -1.57. The molecule has 0 spiro atoms. The largest absolute Gasteiger partial charge is 0.242 e. The third-order valence-corrected chi connectivity index (χ3v) is 1.99. The monoisotopic (exact) mass is 172 g/mol. The molecule has 0 aromatic heterocycles. The molecular weight excluding hydrogens is 160 g/mol. The van der Waals surface area contributed by atoms with Gasteiger partial charge < -0.3 is 0 Å². The summed E-state index contributed by atoms with van der Waals surface area (Å²) in [4.78, 5) is 0. The number of allylic oxidation sites excluding steroid dienone is 1. The van der Waals surface area contributed by atoms with Gasteiger partial charge in [-0.3, -0.25) is 0 Å². The quantitative estimate of drug-likeness (QED) is 0.636. The first-order chi connectivity index (χ1) is 6.36. The molecule has 0 atom stereocenters. The van der Waals surface area contributed by atoms with Gasteiger partial charge in [-0.15, -0.1) is 0 Å². The van der Waals surface area contributed by atoms with Crippen molar-refractivity contribution in [2.45, 2.75) is 13.3 Å². The molecule has 13 heavy (non-hydrogen) atoms. The first-order valence-corrected chi connectivity index (χ1v) is 4.41. The predicted octanol–water partition coefficient (Wildman–Crippen LogP) is 2.70. The lowest BCUT2D eigenvalue weighted by molar-refractivity contribution is 1.05. The van der Waals surface area contributed by atoms with Crippen LogP contribution >= 0.6 is 0 Å². The van der Waals surface area contributed by atoms with Crippen molar-refractivity contribution in [2.24, 2.45) is 5.10 Å². The third kappa shape index (κ3) is 1.78. The molecule has 0 saturated carbocycles. The summed E-state index contributed by atoms with van der Waals surface area (Å²) in [5, 5.41) is 6.13. The topological polar surface area (TPSA) is 15.6 Å². The van der Waals surface area contributed by atoms with Crippen LogP contribution in [0.15, 0.2) is 41.6 Å². The number of nitrogens with zero attached hydrogens (tertiary/aromatic N) is 2. The average molecular weight is 172 g/mol. The smallest absolute Gasteiger partial charge is 0.0645 e. The van der Waals surface area contributed by atoms with Crippen molar-refractivity contribution < 1.29 is 0 Å². The molecule has 0 radical (unpaired) electrons. The van der Waals surface area contributed by atoms with Crippen LogP contribution in [0.3, 0.4) is 0 Å². The molecule has 0 bridgehead atoms. The van der Waals surface area contributed by atoms with E-state index < -0.39 is 0 Å². The first-order valence-electron chi connectivity index (χ1n) is 4.41. The number of benzene rings is 1. The molecule has 0 unspecified atom stereocenters. The zero-order valence-electron chi connectivity index (χ0n) is 7.64. The van der Waals surface area contributed by atoms with E-state index in [9.17, 15) is 0 Å². The van der Waals surface area contributed by atoms with E-state index in [4.69, 9.17) is 0 Å². The van der Waals surface area contributed by atoms with Crippen molar-refractivity contribution in [3.8, 4) is 0 Å². The highest BCUT2D eigenvalue weighted by Gasteiger charge is 2.01. The summed E-state index contributed by atoms with van der Waals surface area (Å²) in [6.45, 7) is 2.08. The minimum Gasteiger partial charge on any atom is -0.242 e. The van der Waals surface area contributed by atoms with Gasteiger partial charge in [0.2, 0.25) is 0 Å². The Balaban J connectivity index is 2.25. The number of hydrogen-bond acceptors (Lipinski definition) is 2. The molecule has 1 aromatic rings. The van der Waals surface area contributed by atoms with E-state index in [2.05, 4.69) is 42.4 Å². The van der Waals surface area contributed by atoms with Crippen molar-refractivity contribution in [2.75, 3.05) is 5.01 Å². The van der Waals surface area contributed by atoms with Crippen molar-refractivity contribution in [1.29, 1.82) is 0 Å². The molecule has 0 aliphatic carbocycles. The molecule has 1 aromatic carbocycles. The lowest BCUT2D eigenvalue weighted by Crippen LogP contribution is -2.09. The van der Waals surface area contributed by atoms with Gasteiger partial charge in [0.05, 0.1) is 5.69 Å². The molecular formula is C11H12N2. The van der Waals surface area contributed by atoms with E-state index in [0.717, 1.165) is 12.1 Å². The molecule has 2 nitrogen and oxygen atoms in total. The van der Waals surface area contributed by atoms with E-state index in [1.54, 1.807) is 0 Å². The number of anilines is 1. The zero-order chi connectivity index (χ0) is 9.10. The molecule has 1 aliphatic rings. The van der Waals surface area contributed by atoms with Gasteiger partial charge >= 0.3 is 0 Å². The first kappa shape index (κ1) is 8.05. The molecule has 2 heteroatoms. The van der Waals surface area contributed by atoms with Gasteiger partial charge in [-0.25, -0.2) is 5.01 Å². The summed E-state index contributed by atoms with van der Waals surface area (Å²) < 4.78 is 0. The van der Waals surface area contributed by atoms with Crippen LogP contribution < -0.4 is 5.01 Å². The Bertz CT molecular complexity index is 324. The van der Waals surface area contributed by atoms with Crippen LogP contribution in [0.4, 0.5) is 5.69 Å². The minimum atomic E-state index is 0.933. The second-order valence-corrected chi connectivity index (χ2v) is 3.10. The van der Waals surface area contributed by atoms with Crippen molar-refractivity contribution in [1.82, 2.24) is 0 Å². The second-order valence-electron chi connectivity index (χ2n) is 3.10. The highest BCUT2D eigenvalue weighted by Crippen LogP contribution is 2.17. The second kappa shape index (κ2) is 3.44. The number of hydrazone groups is 1. The maximum atomic E-state index is 4.25. The van der Waals surface area contributed by atoms with Crippen LogP contribution in [0.5, 0.6) is 0 Å². The fourth-order valence-electron chi connectivity index (χ4n) is 1.25. The van der Waals surface area contributed by atoms with Gasteiger partial charge in [0.1, 0.15) is 0 Å². The summed E-state index contributed by atoms with van der Waals surface area (Å²) >= 11 is 0. The Labute approximate surface area is 78.2 Å². The Kier molecular flexibility index (Phi) is 2.13. The molecule has 0 amide bonds. The number of aryl methyl sites for hydroxylation is 1. The Morgan fingerprint density at radius 3 is 2.62 bits per heavy atom. The van der Waals surface area contributed by atoms with Crippen molar-refractivity contribution in [3.63, 3.8) is 0 Å². The number of hydrogen-bond donors (Lipinski definition) is 0. The molecule has 0 N–H and O–H groups in total. The van der Waals surface area contributed by atoms with E-state index in [1.165, 1.54) is 5.56 Å². The van der Waals surface area contributed by atoms with Crippen molar-refractivity contribution >= 4 is 11.9 Å². The fourth-order valence-corrected chi connectivity index (χ4v) is 1.25. The third-order valence-electron chi connectivity index (χ3n) is 1.99. The van der Waals surface area contributed by atoms with E-state index in [1.807, 2.05) is 17.4 Å². The van der Waals surface area contributed by atoms with Crippen molar-refractivity contribution in [3.05, 3.63) is 42.1 Å². The van der Waals surface area contributed by atoms with Gasteiger partial charge in [-0.2, -0.15) is 5.10 Å². The summed E-state index contributed by atoms with van der Waals surface area (Å²) in [5.74, 6) is 0. The molecule has 0 saturated heterocycles. The Morgan fingerprint density at radius 2 is 2.00 bits per heavy atom. The SMILES string of the molecule is Cc1ccc(N2C=CCC=N2)cc1. The van der Waals surface area contributed by atoms with Gasteiger partial charge in [-0.05, 0) is 19.1 Å². The van der Waals surface area contributed by atoms with Crippen LogP contribution in [-0.4, -0.2) is 6.21 Å². The van der Waals surface area contributed by atoms with E-state index >= 15 is 0 Å². The molecule has 1 aliphatic heterocycles. The highest BCUT2D eigenvalue weighted by atomic mass is 15.4. The average Bonchev–Trinajstić information content (AvgIpc) is 2.20. The lowest BCUT2D eigenvalue weighted by atomic mass is 10.2. The molecule has 0 fully saturated rings. The van der Waals surface area contributed by atoms with Gasteiger partial charge in [0.15, 0.2) is 0 Å². The fraction of sp³-hybridized carbons (Fsp3) is 0.182. The zero-order valence-corrected chi connectivity index (χ0v) is 7.64. The molecule has 1 heterocycles. The van der Waals surface area contributed by atoms with Crippen LogP contribution in [-0.2, 0) is 0 Å².